The van der Waals surface area contributed by atoms with Gasteiger partial charge in [-0.1, -0.05) is 52.3 Å². The Balaban J connectivity index is 0.000000187. The van der Waals surface area contributed by atoms with Gasteiger partial charge in [-0.25, -0.2) is 4.39 Å². The predicted molar refractivity (Wildman–Crippen MR) is 41.3 cm³/mol. The minimum absolute atomic E-state index is 0.438. The van der Waals surface area contributed by atoms with Gasteiger partial charge in [-0.05, 0) is 0 Å². The van der Waals surface area contributed by atoms with Crippen LogP contribution in [0.3, 0.4) is 0 Å². The minimum Gasteiger partial charge on any atom is -0.239 e. The molecule has 0 bridgehead atoms. The maximum atomic E-state index is 10.2. The Morgan fingerprint density at radius 3 is 1.11 bits per heavy atom. The Bertz CT molecular complexity index is 91.8. The summed E-state index contributed by atoms with van der Waals surface area (Å²) in [6, 6.07) is 12.0. The van der Waals surface area contributed by atoms with Gasteiger partial charge in [-0.15, -0.1) is 0 Å². The number of benzene rings is 1. The molecule has 0 aliphatic carbocycles. The molecule has 0 nitrogen and oxygen atoms in total. The Hall–Kier alpha value is -0.370. The van der Waals surface area contributed by atoms with Crippen LogP contribution in [0.4, 0.5) is 4.39 Å². The maximum Gasteiger partial charge on any atom is 0.144 e. The fourth-order valence-corrected chi connectivity index (χ4v) is 0.385. The highest BCUT2D eigenvalue weighted by Crippen LogP contribution is 1.79. The summed E-state index contributed by atoms with van der Waals surface area (Å²) in [5.74, 6) is 0. The number of hydrogen-bond donors (Lipinski definition) is 0. The van der Waals surface area contributed by atoms with Crippen LogP contribution in [0.2, 0.25) is 0 Å². The molecule has 0 unspecified atom stereocenters. The fourth-order valence-electron chi connectivity index (χ4n) is 0.385. The smallest absolute Gasteiger partial charge is 0.144 e. The second-order valence-electron chi connectivity index (χ2n) is 1.26. The van der Waals surface area contributed by atoms with E-state index in [2.05, 4.69) is 15.9 Å². The van der Waals surface area contributed by atoms with E-state index in [9.17, 15) is 4.39 Å². The summed E-state index contributed by atoms with van der Waals surface area (Å²) >= 11 is 2.48. The van der Waals surface area contributed by atoms with E-state index in [1.807, 2.05) is 36.4 Å². The monoisotopic (exact) mass is 190 g/mol. The Morgan fingerprint density at radius 2 is 1.00 bits per heavy atom. The van der Waals surface area contributed by atoms with Crippen LogP contribution in [0, 0.1) is 0 Å². The van der Waals surface area contributed by atoms with Crippen LogP contribution >= 0.6 is 15.9 Å². The lowest BCUT2D eigenvalue weighted by molar-refractivity contribution is 0.613. The first-order valence-corrected chi connectivity index (χ1v) is 3.66. The van der Waals surface area contributed by atoms with Crippen molar-refractivity contribution in [1.82, 2.24) is 0 Å². The molecule has 0 atom stereocenters. The van der Waals surface area contributed by atoms with E-state index in [0.717, 1.165) is 0 Å². The van der Waals surface area contributed by atoms with Crippen molar-refractivity contribution in [3.63, 3.8) is 0 Å². The topological polar surface area (TPSA) is 0 Å². The molecule has 0 fully saturated rings. The largest absolute Gasteiger partial charge is 0.239 e. The van der Waals surface area contributed by atoms with Crippen molar-refractivity contribution in [2.24, 2.45) is 0 Å². The number of halogens is 2. The predicted octanol–water partition coefficient (Wildman–Crippen LogP) is 2.99. The minimum atomic E-state index is -0.438. The fraction of sp³-hybridized carbons (Fsp3) is 0.143. The Kier molecular flexibility index (Phi) is 7.32. The summed E-state index contributed by atoms with van der Waals surface area (Å²) in [5, 5.41) is 0. The molecule has 2 heteroatoms. The molecule has 0 saturated heterocycles. The van der Waals surface area contributed by atoms with Gasteiger partial charge in [0.1, 0.15) is 5.58 Å². The first-order chi connectivity index (χ1) is 4.41. The normalized spacial score (nSPS) is 7.33. The highest BCUT2D eigenvalue weighted by atomic mass is 79.9. The SMILES string of the molecule is FCBr.c1ccccc1. The molecule has 0 aliphatic heterocycles. The Labute approximate surface area is 62.8 Å². The average Bonchev–Trinajstić information content (AvgIpc) is 1.93. The van der Waals surface area contributed by atoms with Crippen LogP contribution in [0.15, 0.2) is 36.4 Å². The Morgan fingerprint density at radius 1 is 0.889 bits per heavy atom. The zero-order valence-electron chi connectivity index (χ0n) is 4.93. The standard InChI is InChI=1S/C6H6.CH2BrF/c1-2-4-6-5-3-1;2-1-3/h1-6H;1H2. The molecule has 0 heterocycles. The second kappa shape index (κ2) is 7.63. The van der Waals surface area contributed by atoms with Gasteiger partial charge in [-0.3, -0.25) is 0 Å². The van der Waals surface area contributed by atoms with Crippen molar-refractivity contribution in [2.75, 3.05) is 5.58 Å². The highest BCUT2D eigenvalue weighted by molar-refractivity contribution is 9.09. The van der Waals surface area contributed by atoms with Crippen molar-refractivity contribution in [2.45, 2.75) is 0 Å². The lowest BCUT2D eigenvalue weighted by Gasteiger charge is -1.69. The molecule has 1 aromatic carbocycles. The van der Waals surface area contributed by atoms with Crippen LogP contribution in [0.5, 0.6) is 0 Å². The van der Waals surface area contributed by atoms with E-state index in [1.165, 1.54) is 0 Å². The quantitative estimate of drug-likeness (QED) is 0.553. The summed E-state index contributed by atoms with van der Waals surface area (Å²) in [7, 11) is 0. The van der Waals surface area contributed by atoms with E-state index < -0.39 is 5.58 Å². The van der Waals surface area contributed by atoms with Gasteiger partial charge in [0.2, 0.25) is 0 Å². The van der Waals surface area contributed by atoms with Crippen LogP contribution < -0.4 is 0 Å². The summed E-state index contributed by atoms with van der Waals surface area (Å²) in [6.45, 7) is 0. The van der Waals surface area contributed by atoms with Crippen molar-refractivity contribution in [3.8, 4) is 0 Å². The molecule has 0 radical (unpaired) electrons. The van der Waals surface area contributed by atoms with Gasteiger partial charge >= 0.3 is 0 Å². The van der Waals surface area contributed by atoms with Crippen LogP contribution in [-0.4, -0.2) is 5.58 Å². The molecule has 50 valence electrons. The van der Waals surface area contributed by atoms with Gasteiger partial charge in [0.05, 0.1) is 0 Å². The molecular formula is C7H8BrF. The van der Waals surface area contributed by atoms with E-state index >= 15 is 0 Å². The summed E-state index contributed by atoms with van der Waals surface area (Å²) in [6.07, 6.45) is 0. The lowest BCUT2D eigenvalue weighted by Crippen LogP contribution is -1.47. The van der Waals surface area contributed by atoms with Gasteiger partial charge in [0, 0.05) is 0 Å². The summed E-state index contributed by atoms with van der Waals surface area (Å²) in [5.41, 5.74) is -0.438. The van der Waals surface area contributed by atoms with Crippen LogP contribution in [-0.2, 0) is 0 Å². The molecular weight excluding hydrogens is 183 g/mol. The van der Waals surface area contributed by atoms with Crippen LogP contribution in [0.25, 0.3) is 0 Å². The third-order valence-corrected chi connectivity index (χ3v) is 0.667. The van der Waals surface area contributed by atoms with E-state index in [4.69, 9.17) is 0 Å². The third-order valence-electron chi connectivity index (χ3n) is 0.667. The zero-order valence-corrected chi connectivity index (χ0v) is 6.51. The molecule has 9 heavy (non-hydrogen) atoms. The van der Waals surface area contributed by atoms with Crippen LogP contribution in [0.1, 0.15) is 0 Å². The first kappa shape index (κ1) is 8.63. The highest BCUT2D eigenvalue weighted by Gasteiger charge is 1.57. The van der Waals surface area contributed by atoms with Crippen molar-refractivity contribution in [1.29, 1.82) is 0 Å². The second-order valence-corrected chi connectivity index (χ2v) is 1.68. The maximum absolute atomic E-state index is 10.2. The van der Waals surface area contributed by atoms with E-state index in [0.29, 0.717) is 0 Å². The molecule has 1 aromatic rings. The van der Waals surface area contributed by atoms with Gasteiger partial charge in [-0.2, -0.15) is 0 Å². The van der Waals surface area contributed by atoms with E-state index in [1.54, 1.807) is 0 Å². The van der Waals surface area contributed by atoms with Gasteiger partial charge < -0.3 is 0 Å². The van der Waals surface area contributed by atoms with Crippen molar-refractivity contribution in [3.05, 3.63) is 36.4 Å². The molecule has 0 aromatic heterocycles. The van der Waals surface area contributed by atoms with Crippen molar-refractivity contribution >= 4 is 15.9 Å². The van der Waals surface area contributed by atoms with Crippen molar-refractivity contribution < 1.29 is 4.39 Å². The molecule has 1 rings (SSSR count). The lowest BCUT2D eigenvalue weighted by atomic mass is 10.4. The number of hydrogen-bond acceptors (Lipinski definition) is 0. The van der Waals surface area contributed by atoms with E-state index in [-0.39, 0.29) is 0 Å². The van der Waals surface area contributed by atoms with Gasteiger partial charge in [0.15, 0.2) is 0 Å². The first-order valence-electron chi connectivity index (χ1n) is 2.53. The summed E-state index contributed by atoms with van der Waals surface area (Å²) < 4.78 is 10.2. The molecule has 0 aliphatic rings. The number of rotatable bonds is 0. The van der Waals surface area contributed by atoms with Gasteiger partial charge in [0.25, 0.3) is 0 Å². The number of alkyl halides is 2. The average molecular weight is 191 g/mol. The molecule has 0 N–H and O–H groups in total. The molecule has 0 spiro atoms. The zero-order chi connectivity index (χ0) is 6.95. The molecule has 0 amide bonds. The molecule has 0 saturated carbocycles. The summed E-state index contributed by atoms with van der Waals surface area (Å²) in [4.78, 5) is 0. The third kappa shape index (κ3) is 7.63.